The fourth-order valence-electron chi connectivity index (χ4n) is 0.637. The summed E-state index contributed by atoms with van der Waals surface area (Å²) in [5.41, 5.74) is 0. The van der Waals surface area contributed by atoms with Crippen molar-refractivity contribution in [2.45, 2.75) is 19.2 Å². The van der Waals surface area contributed by atoms with Crippen LogP contribution in [0.25, 0.3) is 0 Å². The van der Waals surface area contributed by atoms with Gasteiger partial charge >= 0.3 is 7.60 Å². The van der Waals surface area contributed by atoms with Crippen LogP contribution in [-0.2, 0) is 13.7 Å². The van der Waals surface area contributed by atoms with Gasteiger partial charge in [0.2, 0.25) is 7.37 Å². The van der Waals surface area contributed by atoms with Crippen LogP contribution in [0.1, 0.15) is 13.8 Å². The molecule has 0 saturated carbocycles. The summed E-state index contributed by atoms with van der Waals surface area (Å²) < 4.78 is 26.9. The molecule has 0 radical (unpaired) electrons. The van der Waals surface area contributed by atoms with Gasteiger partial charge in [0.15, 0.2) is 0 Å². The molecule has 7 heteroatoms. The Kier molecular flexibility index (Phi) is 4.15. The van der Waals surface area contributed by atoms with Gasteiger partial charge in [0.05, 0.1) is 6.61 Å². The molecule has 2 N–H and O–H groups in total. The second-order valence-electron chi connectivity index (χ2n) is 2.55. The molecule has 0 heterocycles. The highest BCUT2D eigenvalue weighted by atomic mass is 31.2. The largest absolute Gasteiger partial charge is 0.337 e. The lowest BCUT2D eigenvalue weighted by molar-refractivity contribution is 0.325. The number of rotatable bonds is 4. The van der Waals surface area contributed by atoms with Crippen LogP contribution in [0.2, 0.25) is 0 Å². The van der Waals surface area contributed by atoms with Gasteiger partial charge in [-0.05, 0) is 13.8 Å². The molecule has 0 aliphatic carbocycles. The first kappa shape index (κ1) is 12.3. The normalized spacial score (nSPS) is 20.1. The molecule has 12 heavy (non-hydrogen) atoms. The molecule has 0 spiro atoms. The van der Waals surface area contributed by atoms with Crippen molar-refractivity contribution in [2.75, 3.05) is 13.3 Å². The van der Waals surface area contributed by atoms with Crippen molar-refractivity contribution >= 4 is 15.0 Å². The van der Waals surface area contributed by atoms with E-state index in [2.05, 4.69) is 0 Å². The maximum atomic E-state index is 11.4. The minimum absolute atomic E-state index is 0.193. The third kappa shape index (κ3) is 3.38. The van der Waals surface area contributed by atoms with Crippen molar-refractivity contribution in [2.24, 2.45) is 0 Å². The summed E-state index contributed by atoms with van der Waals surface area (Å²) in [4.78, 5) is 17.4. The molecule has 0 saturated heterocycles. The van der Waals surface area contributed by atoms with Crippen molar-refractivity contribution in [3.05, 3.63) is 0 Å². The molecule has 74 valence electrons. The predicted octanol–water partition coefficient (Wildman–Crippen LogP) is 1.45. The van der Waals surface area contributed by atoms with Crippen LogP contribution >= 0.6 is 15.0 Å². The van der Waals surface area contributed by atoms with Crippen LogP contribution in [0.4, 0.5) is 0 Å². The summed E-state index contributed by atoms with van der Waals surface area (Å²) in [5.74, 6) is 0. The predicted molar refractivity (Wildman–Crippen MR) is 46.7 cm³/mol. The zero-order valence-corrected chi connectivity index (χ0v) is 9.09. The van der Waals surface area contributed by atoms with Crippen molar-refractivity contribution in [1.82, 2.24) is 0 Å². The van der Waals surface area contributed by atoms with Crippen LogP contribution in [0.5, 0.6) is 0 Å². The molecule has 2 atom stereocenters. The lowest BCUT2D eigenvalue weighted by Crippen LogP contribution is -2.06. The lowest BCUT2D eigenvalue weighted by atomic mass is 10.9. The molecule has 0 aromatic rings. The fraction of sp³-hybridized carbons (Fsp3) is 1.00. The molecule has 5 nitrogen and oxygen atoms in total. The van der Waals surface area contributed by atoms with Gasteiger partial charge in [-0.15, -0.1) is 0 Å². The average molecular weight is 216 g/mol. The summed E-state index contributed by atoms with van der Waals surface area (Å²) in [7, 11) is -7.46. The van der Waals surface area contributed by atoms with E-state index in [-0.39, 0.29) is 6.61 Å². The Balaban J connectivity index is 4.58. The van der Waals surface area contributed by atoms with E-state index in [4.69, 9.17) is 14.3 Å². The minimum atomic E-state index is -4.30. The smallest absolute Gasteiger partial charge is 0.328 e. The first-order chi connectivity index (χ1) is 5.22. The summed E-state index contributed by atoms with van der Waals surface area (Å²) in [6.07, 6.45) is 0. The molecule has 0 rings (SSSR count). The second kappa shape index (κ2) is 4.03. The van der Waals surface area contributed by atoms with Crippen LogP contribution in [-0.4, -0.2) is 28.5 Å². The number of hydrogen-bond acceptors (Lipinski definition) is 3. The highest BCUT2D eigenvalue weighted by molar-refractivity contribution is 7.73. The standard InChI is InChI=1S/C5H14O5P2/c1-4-10-11(3,6)5(2)12(7,8)9/h5H,4H2,1-3H3,(H2,7,8,9). The van der Waals surface area contributed by atoms with Gasteiger partial charge < -0.3 is 14.3 Å². The van der Waals surface area contributed by atoms with Gasteiger partial charge in [-0.2, -0.15) is 0 Å². The second-order valence-corrected chi connectivity index (χ2v) is 7.76. The third-order valence-corrected chi connectivity index (χ3v) is 6.81. The Morgan fingerprint density at radius 3 is 2.08 bits per heavy atom. The zero-order valence-electron chi connectivity index (χ0n) is 7.30. The quantitative estimate of drug-likeness (QED) is 0.695. The molecule has 0 aromatic heterocycles. The van der Waals surface area contributed by atoms with Crippen molar-refractivity contribution in [1.29, 1.82) is 0 Å². The van der Waals surface area contributed by atoms with Gasteiger partial charge in [0.1, 0.15) is 5.40 Å². The van der Waals surface area contributed by atoms with Crippen LogP contribution in [0.3, 0.4) is 0 Å². The molecule has 0 aliphatic heterocycles. The monoisotopic (exact) mass is 216 g/mol. The van der Waals surface area contributed by atoms with E-state index in [9.17, 15) is 9.13 Å². The van der Waals surface area contributed by atoms with Crippen molar-refractivity contribution < 1.29 is 23.4 Å². The molecule has 0 fully saturated rings. The minimum Gasteiger partial charge on any atom is -0.328 e. The van der Waals surface area contributed by atoms with Gasteiger partial charge in [0, 0.05) is 6.66 Å². The van der Waals surface area contributed by atoms with E-state index in [0.29, 0.717) is 0 Å². The Bertz CT molecular complexity index is 232. The van der Waals surface area contributed by atoms with Gasteiger partial charge in [0.25, 0.3) is 0 Å². The lowest BCUT2D eigenvalue weighted by Gasteiger charge is -2.20. The van der Waals surface area contributed by atoms with E-state index in [1.54, 1.807) is 6.92 Å². The summed E-state index contributed by atoms with van der Waals surface area (Å²) >= 11 is 0. The maximum Gasteiger partial charge on any atom is 0.337 e. The van der Waals surface area contributed by atoms with Crippen LogP contribution in [0, 0.1) is 0 Å². The van der Waals surface area contributed by atoms with E-state index in [0.717, 1.165) is 0 Å². The summed E-state index contributed by atoms with van der Waals surface area (Å²) in [5, 5.41) is -1.22. The Hall–Kier alpha value is 0.340. The highest BCUT2D eigenvalue weighted by Gasteiger charge is 2.38. The molecule has 0 aliphatic rings. The van der Waals surface area contributed by atoms with E-state index in [1.807, 2.05) is 0 Å². The molecule has 2 unspecified atom stereocenters. The van der Waals surface area contributed by atoms with E-state index in [1.165, 1.54) is 13.6 Å². The van der Waals surface area contributed by atoms with Crippen molar-refractivity contribution in [3.8, 4) is 0 Å². The van der Waals surface area contributed by atoms with Gasteiger partial charge in [-0.3, -0.25) is 9.13 Å². The van der Waals surface area contributed by atoms with E-state index < -0.39 is 20.4 Å². The molecule has 0 aromatic carbocycles. The van der Waals surface area contributed by atoms with Crippen molar-refractivity contribution in [3.63, 3.8) is 0 Å². The van der Waals surface area contributed by atoms with Crippen LogP contribution in [0.15, 0.2) is 0 Å². The molecular weight excluding hydrogens is 202 g/mol. The van der Waals surface area contributed by atoms with Gasteiger partial charge in [-0.25, -0.2) is 0 Å². The summed E-state index contributed by atoms with van der Waals surface area (Å²) in [6, 6.07) is 0. The van der Waals surface area contributed by atoms with E-state index >= 15 is 0 Å². The number of hydrogen-bond donors (Lipinski definition) is 2. The first-order valence-electron chi connectivity index (χ1n) is 3.48. The Morgan fingerprint density at radius 1 is 1.42 bits per heavy atom. The Labute approximate surface area is 71.7 Å². The fourth-order valence-corrected chi connectivity index (χ4v) is 3.75. The molecular formula is C5H14O5P2. The maximum absolute atomic E-state index is 11.4. The average Bonchev–Trinajstić information content (AvgIpc) is 1.84. The summed E-state index contributed by atoms with van der Waals surface area (Å²) in [6.45, 7) is 4.29. The van der Waals surface area contributed by atoms with Crippen LogP contribution < -0.4 is 0 Å². The molecule has 0 bridgehead atoms. The molecule has 0 amide bonds. The van der Waals surface area contributed by atoms with Gasteiger partial charge in [-0.1, -0.05) is 0 Å². The Morgan fingerprint density at radius 2 is 1.83 bits per heavy atom. The first-order valence-corrected chi connectivity index (χ1v) is 7.31. The topological polar surface area (TPSA) is 83.8 Å². The SMILES string of the molecule is CCOP(C)(=O)C(C)P(=O)(O)O. The highest BCUT2D eigenvalue weighted by Crippen LogP contribution is 2.62. The zero-order chi connectivity index (χ0) is 9.99. The third-order valence-electron chi connectivity index (χ3n) is 1.55.